The number of ether oxygens (including phenoxy) is 1. The Morgan fingerprint density at radius 2 is 2.00 bits per heavy atom. The van der Waals surface area contributed by atoms with Crippen molar-refractivity contribution in [1.29, 1.82) is 0 Å². The van der Waals surface area contributed by atoms with E-state index in [0.29, 0.717) is 22.6 Å². The molecular formula is C23H22ClF3N4O3. The summed E-state index contributed by atoms with van der Waals surface area (Å²) in [4.78, 5) is 12.9. The standard InChI is InChI=1S/C23H22ClF3N4O3/c1-12(32)14-4-3-5-15(10-14)28-22(33)20-19(24)21-29-17(13-6-8-16(34-2)9-7-13)11-18(23(25,26)27)31(21)30-20/h3-10,12,17-18,29,32H,11H2,1-2H3,(H,28,33)/t12-,17-,18-/m0/s1. The van der Waals surface area contributed by atoms with E-state index in [1.54, 1.807) is 55.5 Å². The minimum atomic E-state index is -4.61. The van der Waals surface area contributed by atoms with E-state index in [1.807, 2.05) is 0 Å². The number of alkyl halides is 3. The summed E-state index contributed by atoms with van der Waals surface area (Å²) in [6.07, 6.45) is -5.71. The van der Waals surface area contributed by atoms with E-state index in [9.17, 15) is 23.1 Å². The monoisotopic (exact) mass is 494 g/mol. The van der Waals surface area contributed by atoms with Crippen LogP contribution in [0.3, 0.4) is 0 Å². The molecule has 1 amide bonds. The van der Waals surface area contributed by atoms with E-state index < -0.39 is 30.3 Å². The molecule has 34 heavy (non-hydrogen) atoms. The molecule has 2 aromatic carbocycles. The number of carbonyl (C=O) groups excluding carboxylic acids is 1. The fourth-order valence-corrected chi connectivity index (χ4v) is 4.12. The Hall–Kier alpha value is -3.24. The van der Waals surface area contributed by atoms with Gasteiger partial charge >= 0.3 is 6.18 Å². The van der Waals surface area contributed by atoms with Crippen molar-refractivity contribution in [2.75, 3.05) is 17.7 Å². The lowest BCUT2D eigenvalue weighted by Crippen LogP contribution is -2.35. The van der Waals surface area contributed by atoms with Gasteiger partial charge in [0.1, 0.15) is 16.6 Å². The van der Waals surface area contributed by atoms with Gasteiger partial charge in [-0.3, -0.25) is 4.79 Å². The van der Waals surface area contributed by atoms with E-state index in [1.165, 1.54) is 7.11 Å². The maximum atomic E-state index is 14.0. The van der Waals surface area contributed by atoms with Crippen LogP contribution in [0, 0.1) is 0 Å². The Morgan fingerprint density at radius 1 is 1.29 bits per heavy atom. The average molecular weight is 495 g/mol. The van der Waals surface area contributed by atoms with Gasteiger partial charge in [0.15, 0.2) is 11.7 Å². The number of halogens is 4. The van der Waals surface area contributed by atoms with E-state index in [-0.39, 0.29) is 23.0 Å². The van der Waals surface area contributed by atoms with Crippen molar-refractivity contribution in [2.24, 2.45) is 0 Å². The number of rotatable bonds is 5. The highest BCUT2D eigenvalue weighted by atomic mass is 35.5. The summed E-state index contributed by atoms with van der Waals surface area (Å²) in [7, 11) is 1.50. The Morgan fingerprint density at radius 3 is 2.62 bits per heavy atom. The van der Waals surface area contributed by atoms with Crippen molar-refractivity contribution < 1.29 is 27.8 Å². The highest BCUT2D eigenvalue weighted by Gasteiger charge is 2.47. The van der Waals surface area contributed by atoms with E-state index in [2.05, 4.69) is 15.7 Å². The Labute approximate surface area is 198 Å². The molecule has 1 aliphatic heterocycles. The second-order valence-corrected chi connectivity index (χ2v) is 8.35. The highest BCUT2D eigenvalue weighted by molar-refractivity contribution is 6.36. The number of aliphatic hydroxyl groups excluding tert-OH is 1. The van der Waals surface area contributed by atoms with E-state index >= 15 is 0 Å². The molecule has 1 aliphatic rings. The molecule has 3 aromatic rings. The zero-order valence-electron chi connectivity index (χ0n) is 18.2. The molecule has 0 fully saturated rings. The van der Waals surface area contributed by atoms with Crippen LogP contribution in [0.4, 0.5) is 24.7 Å². The number of amides is 1. The molecular weight excluding hydrogens is 473 g/mol. The van der Waals surface area contributed by atoms with Gasteiger partial charge in [0, 0.05) is 12.1 Å². The van der Waals surface area contributed by atoms with Crippen LogP contribution in [0.25, 0.3) is 0 Å². The van der Waals surface area contributed by atoms with Gasteiger partial charge < -0.3 is 20.5 Å². The van der Waals surface area contributed by atoms with Crippen LogP contribution >= 0.6 is 11.6 Å². The quantitative estimate of drug-likeness (QED) is 0.435. The topological polar surface area (TPSA) is 88.4 Å². The minimum Gasteiger partial charge on any atom is -0.497 e. The van der Waals surface area contributed by atoms with Crippen LogP contribution in [0.2, 0.25) is 5.02 Å². The normalized spacial score (nSPS) is 18.6. The number of benzene rings is 2. The minimum absolute atomic E-state index is 0.0843. The molecule has 7 nitrogen and oxygen atoms in total. The lowest BCUT2D eigenvalue weighted by Gasteiger charge is -2.33. The third-order valence-electron chi connectivity index (χ3n) is 5.66. The van der Waals surface area contributed by atoms with Gasteiger partial charge in [-0.05, 0) is 42.3 Å². The van der Waals surface area contributed by atoms with Gasteiger partial charge in [-0.2, -0.15) is 18.3 Å². The number of methoxy groups -OCH3 is 1. The maximum Gasteiger partial charge on any atom is 0.410 e. The fraction of sp³-hybridized carbons (Fsp3) is 0.304. The van der Waals surface area contributed by atoms with Gasteiger partial charge in [0.05, 0.1) is 19.3 Å². The largest absolute Gasteiger partial charge is 0.497 e. The summed E-state index contributed by atoms with van der Waals surface area (Å²) < 4.78 is 47.7. The van der Waals surface area contributed by atoms with Gasteiger partial charge in [-0.25, -0.2) is 4.68 Å². The van der Waals surface area contributed by atoms with E-state index in [0.717, 1.165) is 4.68 Å². The predicted octanol–water partition coefficient (Wildman–Crippen LogP) is 5.51. The van der Waals surface area contributed by atoms with Crippen LogP contribution < -0.4 is 15.4 Å². The first-order valence-corrected chi connectivity index (χ1v) is 10.8. The molecule has 0 saturated heterocycles. The van der Waals surface area contributed by atoms with Crippen molar-refractivity contribution >= 4 is 29.0 Å². The molecule has 0 bridgehead atoms. The van der Waals surface area contributed by atoms with Gasteiger partial charge in [0.25, 0.3) is 5.91 Å². The number of aliphatic hydroxyl groups is 1. The Balaban J connectivity index is 1.66. The molecule has 11 heteroatoms. The number of nitrogens with zero attached hydrogens (tertiary/aromatic N) is 2. The van der Waals surface area contributed by atoms with Crippen LogP contribution in [-0.4, -0.2) is 34.1 Å². The summed E-state index contributed by atoms with van der Waals surface area (Å²) in [5, 5.41) is 19.0. The lowest BCUT2D eigenvalue weighted by atomic mass is 9.97. The summed E-state index contributed by atoms with van der Waals surface area (Å²) >= 11 is 6.37. The summed E-state index contributed by atoms with van der Waals surface area (Å²) in [5.41, 5.74) is 1.19. The first-order valence-electron chi connectivity index (χ1n) is 10.4. The van der Waals surface area contributed by atoms with Gasteiger partial charge in [-0.1, -0.05) is 35.9 Å². The zero-order chi connectivity index (χ0) is 24.6. The third kappa shape index (κ3) is 4.69. The number of hydrogen-bond acceptors (Lipinski definition) is 5. The number of nitrogens with one attached hydrogen (secondary N) is 2. The molecule has 2 heterocycles. The predicted molar refractivity (Wildman–Crippen MR) is 121 cm³/mol. The molecule has 0 spiro atoms. The number of hydrogen-bond donors (Lipinski definition) is 3. The molecule has 0 aliphatic carbocycles. The second-order valence-electron chi connectivity index (χ2n) is 7.97. The van der Waals surface area contributed by atoms with Crippen LogP contribution in [0.1, 0.15) is 53.1 Å². The van der Waals surface area contributed by atoms with Crippen LogP contribution in [0.15, 0.2) is 48.5 Å². The first kappa shape index (κ1) is 23.9. The molecule has 3 N–H and O–H groups in total. The zero-order valence-corrected chi connectivity index (χ0v) is 19.0. The number of carbonyl (C=O) groups is 1. The summed E-state index contributed by atoms with van der Waals surface area (Å²) in [5.74, 6) is -0.272. The van der Waals surface area contributed by atoms with Crippen molar-refractivity contribution in [3.63, 3.8) is 0 Å². The third-order valence-corrected chi connectivity index (χ3v) is 6.01. The van der Waals surface area contributed by atoms with Crippen molar-refractivity contribution in [2.45, 2.75) is 37.7 Å². The molecule has 3 atom stereocenters. The average Bonchev–Trinajstić information content (AvgIpc) is 3.14. The Kier molecular flexibility index (Phi) is 6.46. The van der Waals surface area contributed by atoms with Gasteiger partial charge in [0.2, 0.25) is 0 Å². The summed E-state index contributed by atoms with van der Waals surface area (Å²) in [6, 6.07) is 10.4. The van der Waals surface area contributed by atoms with Gasteiger partial charge in [-0.15, -0.1) is 0 Å². The van der Waals surface area contributed by atoms with Crippen LogP contribution in [0.5, 0.6) is 5.75 Å². The number of aromatic nitrogens is 2. The molecule has 0 unspecified atom stereocenters. The molecule has 4 rings (SSSR count). The first-order chi connectivity index (χ1) is 16.1. The number of fused-ring (bicyclic) bond motifs is 1. The molecule has 0 radical (unpaired) electrons. The SMILES string of the molecule is COc1ccc([C@@H]2C[C@@H](C(F)(F)F)n3nc(C(=O)Nc4cccc([C@H](C)O)c4)c(Cl)c3N2)cc1. The van der Waals surface area contributed by atoms with Crippen molar-refractivity contribution in [3.05, 3.63) is 70.4 Å². The fourth-order valence-electron chi connectivity index (χ4n) is 3.86. The highest BCUT2D eigenvalue weighted by Crippen LogP contribution is 2.46. The number of anilines is 2. The van der Waals surface area contributed by atoms with E-state index in [4.69, 9.17) is 16.3 Å². The Bertz CT molecular complexity index is 1200. The smallest absolute Gasteiger partial charge is 0.410 e. The molecule has 180 valence electrons. The maximum absolute atomic E-state index is 14.0. The molecule has 1 aromatic heterocycles. The van der Waals surface area contributed by atoms with Crippen LogP contribution in [-0.2, 0) is 0 Å². The summed E-state index contributed by atoms with van der Waals surface area (Å²) in [6.45, 7) is 1.57. The second kappa shape index (κ2) is 9.19. The molecule has 0 saturated carbocycles. The van der Waals surface area contributed by atoms with Crippen molar-refractivity contribution in [1.82, 2.24) is 9.78 Å². The van der Waals surface area contributed by atoms with Crippen molar-refractivity contribution in [3.8, 4) is 5.75 Å². The lowest BCUT2D eigenvalue weighted by molar-refractivity contribution is -0.173.